The fourth-order valence-corrected chi connectivity index (χ4v) is 5.72. The molecule has 1 aliphatic rings. The van der Waals surface area contributed by atoms with Gasteiger partial charge in [-0.3, -0.25) is 19.1 Å². The third kappa shape index (κ3) is 8.29. The molecule has 3 amide bonds. The molecule has 5 atom stereocenters. The SMILES string of the molecule is CCC(=O)N[C@@H](C(=O)N1CCN(C)CC1)[C@@H](C)c1ccc(NC(O)C(NC(=O)c2ccnn2CC)[C@H](C)c2ccccc2)c(F)c1. The highest BCUT2D eigenvalue weighted by molar-refractivity contribution is 5.93. The summed E-state index contributed by atoms with van der Waals surface area (Å²) in [7, 11) is 2.00. The van der Waals surface area contributed by atoms with Crippen LogP contribution in [-0.4, -0.2) is 93.9 Å². The molecule has 2 unspecified atom stereocenters. The minimum absolute atomic E-state index is 0.0288. The lowest BCUT2D eigenvalue weighted by atomic mass is 9.91. The molecule has 12 heteroatoms. The molecule has 3 aromatic rings. The van der Waals surface area contributed by atoms with Crippen LogP contribution in [0.4, 0.5) is 10.1 Å². The normalized spacial score (nSPS) is 17.0. The third-order valence-electron chi connectivity index (χ3n) is 8.79. The zero-order valence-electron chi connectivity index (χ0n) is 27.2. The Hall–Kier alpha value is -4.29. The van der Waals surface area contributed by atoms with Crippen molar-refractivity contribution in [2.45, 2.75) is 70.8 Å². The van der Waals surface area contributed by atoms with Gasteiger partial charge in [0.05, 0.1) is 11.7 Å². The van der Waals surface area contributed by atoms with Crippen LogP contribution in [-0.2, 0) is 16.1 Å². The molecule has 0 saturated carbocycles. The molecule has 46 heavy (non-hydrogen) atoms. The number of halogens is 1. The topological polar surface area (TPSA) is 132 Å². The van der Waals surface area contributed by atoms with Crippen molar-refractivity contribution in [1.29, 1.82) is 0 Å². The number of aliphatic hydroxyl groups excluding tert-OH is 1. The average Bonchev–Trinajstić information content (AvgIpc) is 3.56. The van der Waals surface area contributed by atoms with Crippen molar-refractivity contribution < 1.29 is 23.9 Å². The van der Waals surface area contributed by atoms with Crippen molar-refractivity contribution in [2.24, 2.45) is 0 Å². The molecule has 0 radical (unpaired) electrons. The van der Waals surface area contributed by atoms with Crippen LogP contribution in [0.2, 0.25) is 0 Å². The van der Waals surface area contributed by atoms with Gasteiger partial charge in [0.15, 0.2) is 0 Å². The highest BCUT2D eigenvalue weighted by Gasteiger charge is 2.34. The Labute approximate surface area is 270 Å². The number of aromatic nitrogens is 2. The lowest BCUT2D eigenvalue weighted by Crippen LogP contribution is -2.55. The van der Waals surface area contributed by atoms with Crippen LogP contribution in [0, 0.1) is 5.82 Å². The van der Waals surface area contributed by atoms with E-state index in [1.807, 2.05) is 51.2 Å². The summed E-state index contributed by atoms with van der Waals surface area (Å²) >= 11 is 0. The number of nitrogens with one attached hydrogen (secondary N) is 3. The number of amides is 3. The summed E-state index contributed by atoms with van der Waals surface area (Å²) in [6, 6.07) is 13.8. The minimum Gasteiger partial charge on any atom is -0.372 e. The zero-order chi connectivity index (χ0) is 33.4. The van der Waals surface area contributed by atoms with E-state index in [1.165, 1.54) is 18.3 Å². The lowest BCUT2D eigenvalue weighted by molar-refractivity contribution is -0.138. The molecule has 11 nitrogen and oxygen atoms in total. The number of benzene rings is 2. The molecule has 1 aromatic heterocycles. The maximum atomic E-state index is 15.7. The van der Waals surface area contributed by atoms with Crippen LogP contribution in [0.25, 0.3) is 0 Å². The lowest BCUT2D eigenvalue weighted by Gasteiger charge is -2.36. The van der Waals surface area contributed by atoms with E-state index in [4.69, 9.17) is 0 Å². The van der Waals surface area contributed by atoms with E-state index in [2.05, 4.69) is 25.9 Å². The number of anilines is 1. The first kappa shape index (κ1) is 34.6. The van der Waals surface area contributed by atoms with E-state index in [0.717, 1.165) is 18.7 Å². The van der Waals surface area contributed by atoms with E-state index in [0.29, 0.717) is 30.9 Å². The standard InChI is InChI=1S/C34H46FN7O4/c1-6-29(43)38-31(34(46)41-19-17-40(5)18-20-41)23(4)25-13-14-27(26(35)21-25)37-33(45)30(22(3)24-11-9-8-10-12-24)39-32(44)28-15-16-36-42(28)7-2/h8-16,21-23,30-31,33,37,45H,6-7,17-20H2,1-5H3,(H,38,43)(H,39,44)/t22-,23+,30?,31-,33?/m1/s1. The van der Waals surface area contributed by atoms with Crippen molar-refractivity contribution in [1.82, 2.24) is 30.2 Å². The second-order valence-corrected chi connectivity index (χ2v) is 11.9. The molecule has 2 heterocycles. The van der Waals surface area contributed by atoms with Crippen LogP contribution in [0.1, 0.15) is 67.6 Å². The van der Waals surface area contributed by atoms with Crippen molar-refractivity contribution >= 4 is 23.4 Å². The number of rotatable bonds is 13. The summed E-state index contributed by atoms with van der Waals surface area (Å²) in [5.41, 5.74) is 1.78. The van der Waals surface area contributed by atoms with Crippen LogP contribution in [0.3, 0.4) is 0 Å². The smallest absolute Gasteiger partial charge is 0.269 e. The molecule has 0 bridgehead atoms. The molecule has 1 aliphatic heterocycles. The van der Waals surface area contributed by atoms with E-state index in [1.54, 1.807) is 35.6 Å². The first-order valence-electron chi connectivity index (χ1n) is 15.9. The summed E-state index contributed by atoms with van der Waals surface area (Å²) in [4.78, 5) is 43.1. The van der Waals surface area contributed by atoms with E-state index in [9.17, 15) is 19.5 Å². The Kier molecular flexibility index (Phi) is 11.9. The molecule has 0 aliphatic carbocycles. The van der Waals surface area contributed by atoms with Crippen LogP contribution < -0.4 is 16.0 Å². The van der Waals surface area contributed by atoms with E-state index in [-0.39, 0.29) is 29.8 Å². The number of aliphatic hydroxyl groups is 1. The minimum atomic E-state index is -1.37. The van der Waals surface area contributed by atoms with Gasteiger partial charge in [-0.15, -0.1) is 0 Å². The molecule has 4 rings (SSSR count). The maximum absolute atomic E-state index is 15.7. The van der Waals surface area contributed by atoms with Gasteiger partial charge in [-0.05, 0) is 43.3 Å². The van der Waals surface area contributed by atoms with Gasteiger partial charge < -0.3 is 30.9 Å². The fourth-order valence-electron chi connectivity index (χ4n) is 5.72. The van der Waals surface area contributed by atoms with Gasteiger partial charge in [-0.25, -0.2) is 4.39 Å². The number of carbonyl (C=O) groups is 3. The predicted octanol–water partition coefficient (Wildman–Crippen LogP) is 3.15. The Morgan fingerprint density at radius 3 is 2.26 bits per heavy atom. The predicted molar refractivity (Wildman–Crippen MR) is 175 cm³/mol. The van der Waals surface area contributed by atoms with E-state index < -0.39 is 36.0 Å². The first-order chi connectivity index (χ1) is 22.0. The van der Waals surface area contributed by atoms with Gasteiger partial charge >= 0.3 is 0 Å². The van der Waals surface area contributed by atoms with Crippen molar-refractivity contribution in [3.8, 4) is 0 Å². The summed E-state index contributed by atoms with van der Waals surface area (Å²) < 4.78 is 17.2. The molecular formula is C34H46FN7O4. The Bertz CT molecular complexity index is 1480. The number of aryl methyl sites for hydroxylation is 1. The molecule has 248 valence electrons. The summed E-state index contributed by atoms with van der Waals surface area (Å²) in [5.74, 6) is -2.39. The quantitative estimate of drug-likeness (QED) is 0.212. The molecule has 4 N–H and O–H groups in total. The summed E-state index contributed by atoms with van der Waals surface area (Å²) in [6.07, 6.45) is 0.386. The Morgan fingerprint density at radius 1 is 0.935 bits per heavy atom. The van der Waals surface area contributed by atoms with Crippen molar-refractivity contribution in [3.05, 3.63) is 83.4 Å². The van der Waals surface area contributed by atoms with E-state index >= 15 is 4.39 Å². The summed E-state index contributed by atoms with van der Waals surface area (Å²) in [6.45, 7) is 10.3. The van der Waals surface area contributed by atoms with Gasteiger partial charge in [0.1, 0.15) is 23.8 Å². The summed E-state index contributed by atoms with van der Waals surface area (Å²) in [5, 5.41) is 24.2. The second kappa shape index (κ2) is 15.8. The first-order valence-corrected chi connectivity index (χ1v) is 15.9. The number of hydrogen-bond donors (Lipinski definition) is 4. The fraction of sp³-hybridized carbons (Fsp3) is 0.471. The molecular weight excluding hydrogens is 589 g/mol. The van der Waals surface area contributed by atoms with Crippen LogP contribution >= 0.6 is 0 Å². The van der Waals surface area contributed by atoms with Gasteiger partial charge in [0.25, 0.3) is 5.91 Å². The monoisotopic (exact) mass is 635 g/mol. The number of piperazine rings is 1. The largest absolute Gasteiger partial charge is 0.372 e. The molecule has 2 aromatic carbocycles. The Balaban J connectivity index is 1.55. The van der Waals surface area contributed by atoms with Crippen molar-refractivity contribution in [3.63, 3.8) is 0 Å². The zero-order valence-corrected chi connectivity index (χ0v) is 27.2. The number of nitrogens with zero attached hydrogens (tertiary/aromatic N) is 4. The van der Waals surface area contributed by atoms with Crippen molar-refractivity contribution in [2.75, 3.05) is 38.5 Å². The molecule has 1 fully saturated rings. The number of hydrogen-bond acceptors (Lipinski definition) is 7. The number of likely N-dealkylation sites (N-methyl/N-ethyl adjacent to an activating group) is 1. The molecule has 0 spiro atoms. The Morgan fingerprint density at radius 2 is 1.63 bits per heavy atom. The second-order valence-electron chi connectivity index (χ2n) is 11.9. The van der Waals surface area contributed by atoms with Gasteiger partial charge in [0.2, 0.25) is 11.8 Å². The number of carbonyl (C=O) groups excluding carboxylic acids is 3. The average molecular weight is 636 g/mol. The maximum Gasteiger partial charge on any atom is 0.269 e. The highest BCUT2D eigenvalue weighted by atomic mass is 19.1. The van der Waals surface area contributed by atoms with Crippen LogP contribution in [0.15, 0.2) is 60.8 Å². The highest BCUT2D eigenvalue weighted by Crippen LogP contribution is 2.28. The van der Waals surface area contributed by atoms with Gasteiger partial charge in [0, 0.05) is 57.2 Å². The molecule has 1 saturated heterocycles. The third-order valence-corrected chi connectivity index (χ3v) is 8.79. The van der Waals surface area contributed by atoms with Gasteiger partial charge in [-0.2, -0.15) is 5.10 Å². The van der Waals surface area contributed by atoms with Crippen LogP contribution in [0.5, 0.6) is 0 Å². The van der Waals surface area contributed by atoms with Gasteiger partial charge in [-0.1, -0.05) is 57.2 Å².